The molecule has 0 spiro atoms. The maximum atomic E-state index is 14.4. The molecule has 0 amide bonds. The zero-order chi connectivity index (χ0) is 20.1. The van der Waals surface area contributed by atoms with E-state index < -0.39 is 23.1 Å². The van der Waals surface area contributed by atoms with Crippen molar-refractivity contribution in [1.29, 1.82) is 0 Å². The Morgan fingerprint density at radius 3 is 2.79 bits per heavy atom. The van der Waals surface area contributed by atoms with Gasteiger partial charge >= 0.3 is 5.97 Å². The van der Waals surface area contributed by atoms with Gasteiger partial charge in [0.1, 0.15) is 6.61 Å². The van der Waals surface area contributed by atoms with Crippen LogP contribution in [0.2, 0.25) is 0 Å². The van der Waals surface area contributed by atoms with Gasteiger partial charge in [-0.2, -0.15) is 9.49 Å². The van der Waals surface area contributed by atoms with E-state index in [1.807, 2.05) is 0 Å². The van der Waals surface area contributed by atoms with E-state index >= 15 is 0 Å². The van der Waals surface area contributed by atoms with Crippen molar-refractivity contribution in [2.24, 2.45) is 5.10 Å². The highest BCUT2D eigenvalue weighted by Gasteiger charge is 2.43. The summed E-state index contributed by atoms with van der Waals surface area (Å²) in [4.78, 5) is 13.6. The third kappa shape index (κ3) is 4.41. The second kappa shape index (κ2) is 8.83. The van der Waals surface area contributed by atoms with Crippen LogP contribution in [0, 0.1) is 11.6 Å². The van der Waals surface area contributed by atoms with Crippen molar-refractivity contribution in [3.63, 3.8) is 0 Å². The summed E-state index contributed by atoms with van der Waals surface area (Å²) in [6.07, 6.45) is 2.28. The minimum Gasteiger partial charge on any atom is -0.489 e. The number of benzene rings is 1. The summed E-state index contributed by atoms with van der Waals surface area (Å²) >= 11 is 0. The van der Waals surface area contributed by atoms with E-state index in [4.69, 9.17) is 9.47 Å². The number of morpholine rings is 1. The highest BCUT2D eigenvalue weighted by atomic mass is 19.2. The second-order valence-electron chi connectivity index (χ2n) is 7.13. The van der Waals surface area contributed by atoms with Gasteiger partial charge in [-0.3, -0.25) is 9.91 Å². The van der Waals surface area contributed by atoms with Gasteiger partial charge < -0.3 is 14.6 Å². The number of carbonyl (C=O) groups is 1. The van der Waals surface area contributed by atoms with Gasteiger partial charge in [0.2, 0.25) is 5.82 Å². The second-order valence-corrected chi connectivity index (χ2v) is 7.13. The Hall–Kier alpha value is -2.26. The van der Waals surface area contributed by atoms with E-state index in [1.165, 1.54) is 17.1 Å². The lowest BCUT2D eigenvalue weighted by molar-refractivity contribution is -0.148. The minimum atomic E-state index is -1.13. The zero-order valence-corrected chi connectivity index (χ0v) is 15.9. The molecule has 2 fully saturated rings. The molecule has 9 heteroatoms. The number of hydrogen-bond donors (Lipinski definition) is 1. The summed E-state index contributed by atoms with van der Waals surface area (Å²) in [5.41, 5.74) is -1.19. The van der Waals surface area contributed by atoms with Crippen molar-refractivity contribution in [3.8, 4) is 5.75 Å². The van der Waals surface area contributed by atoms with Gasteiger partial charge in [-0.1, -0.05) is 0 Å². The summed E-state index contributed by atoms with van der Waals surface area (Å²) in [6, 6.07) is 2.74. The molecule has 2 heterocycles. The Morgan fingerprint density at radius 2 is 2.07 bits per heavy atom. The van der Waals surface area contributed by atoms with Crippen LogP contribution in [-0.4, -0.2) is 78.7 Å². The first-order chi connectivity index (χ1) is 13.4. The Balaban J connectivity index is 1.62. The predicted octanol–water partition coefficient (Wildman–Crippen LogP) is 1.95. The van der Waals surface area contributed by atoms with Crippen LogP contribution in [0.15, 0.2) is 17.2 Å². The highest BCUT2D eigenvalue weighted by molar-refractivity contribution is 5.82. The topological polar surface area (TPSA) is 74.6 Å². The quantitative estimate of drug-likeness (QED) is 0.709. The van der Waals surface area contributed by atoms with Gasteiger partial charge in [-0.15, -0.1) is 0 Å². The van der Waals surface area contributed by atoms with Gasteiger partial charge in [0.25, 0.3) is 0 Å². The molecule has 2 aliphatic rings. The number of ether oxygens (including phenoxy) is 2. The molecule has 2 saturated heterocycles. The van der Waals surface area contributed by atoms with Crippen LogP contribution >= 0.6 is 0 Å². The van der Waals surface area contributed by atoms with Crippen molar-refractivity contribution < 1.29 is 28.2 Å². The van der Waals surface area contributed by atoms with Gasteiger partial charge in [0.15, 0.2) is 17.1 Å². The number of rotatable bonds is 7. The van der Waals surface area contributed by atoms with Gasteiger partial charge in [0.05, 0.1) is 19.4 Å². The standard InChI is InChI=1S/C19H25F2N3O4/c1-19(18(25)26)5-2-6-24(19)22-13-14-3-4-15(17(21)16(14)20)28-12-9-23-7-10-27-11-8-23/h3-4,13H,2,5-12H2,1H3,(H,25,26)/t19-/m1/s1. The van der Waals surface area contributed by atoms with Crippen LogP contribution in [0.1, 0.15) is 25.3 Å². The van der Waals surface area contributed by atoms with Crippen LogP contribution < -0.4 is 4.74 Å². The van der Waals surface area contributed by atoms with E-state index in [0.29, 0.717) is 39.1 Å². The SMILES string of the molecule is C[C@]1(C(=O)O)CCCN1N=Cc1ccc(OCCN2CCOCC2)c(F)c1F. The summed E-state index contributed by atoms with van der Waals surface area (Å²) in [7, 11) is 0. The third-order valence-electron chi connectivity index (χ3n) is 5.25. The molecule has 0 unspecified atom stereocenters. The number of halogens is 2. The Morgan fingerprint density at radius 1 is 1.32 bits per heavy atom. The van der Waals surface area contributed by atoms with E-state index in [-0.39, 0.29) is 17.9 Å². The summed E-state index contributed by atoms with van der Waals surface area (Å²) < 4.78 is 39.3. The molecule has 1 aromatic rings. The molecule has 0 radical (unpaired) electrons. The van der Waals surface area contributed by atoms with E-state index in [9.17, 15) is 18.7 Å². The number of hydrazone groups is 1. The first kappa shape index (κ1) is 20.5. The maximum absolute atomic E-state index is 14.4. The molecule has 1 N–H and O–H groups in total. The van der Waals surface area contributed by atoms with E-state index in [2.05, 4.69) is 10.0 Å². The number of hydrogen-bond acceptors (Lipinski definition) is 6. The molecule has 1 atom stereocenters. The molecule has 1 aromatic carbocycles. The van der Waals surface area contributed by atoms with E-state index in [0.717, 1.165) is 19.3 Å². The average molecular weight is 397 g/mol. The molecule has 7 nitrogen and oxygen atoms in total. The lowest BCUT2D eigenvalue weighted by atomic mass is 10.0. The number of carboxylic acids is 1. The fourth-order valence-corrected chi connectivity index (χ4v) is 3.35. The Labute approximate surface area is 162 Å². The summed E-state index contributed by atoms with van der Waals surface area (Å²) in [5.74, 6) is -3.28. The zero-order valence-electron chi connectivity index (χ0n) is 15.9. The summed E-state index contributed by atoms with van der Waals surface area (Å²) in [5, 5.41) is 14.9. The van der Waals surface area contributed by atoms with Gasteiger partial charge in [-0.05, 0) is 31.9 Å². The highest BCUT2D eigenvalue weighted by Crippen LogP contribution is 2.29. The molecule has 0 aliphatic carbocycles. The molecule has 0 bridgehead atoms. The van der Waals surface area contributed by atoms with Crippen LogP contribution in [0.25, 0.3) is 0 Å². The number of nitrogens with zero attached hydrogens (tertiary/aromatic N) is 3. The molecular formula is C19H25F2N3O4. The fourth-order valence-electron chi connectivity index (χ4n) is 3.35. The Bertz CT molecular complexity index is 740. The monoisotopic (exact) mass is 397 g/mol. The summed E-state index contributed by atoms with van der Waals surface area (Å²) in [6.45, 7) is 5.78. The molecule has 0 aromatic heterocycles. The van der Waals surface area contributed by atoms with Crippen molar-refractivity contribution in [3.05, 3.63) is 29.3 Å². The van der Waals surface area contributed by atoms with Crippen molar-refractivity contribution >= 4 is 12.2 Å². The molecular weight excluding hydrogens is 372 g/mol. The molecule has 2 aliphatic heterocycles. The lowest BCUT2D eigenvalue weighted by Crippen LogP contribution is -2.45. The third-order valence-corrected chi connectivity index (χ3v) is 5.25. The minimum absolute atomic E-state index is 0.0577. The average Bonchev–Trinajstić information content (AvgIpc) is 3.07. The van der Waals surface area contributed by atoms with Crippen molar-refractivity contribution in [1.82, 2.24) is 9.91 Å². The molecule has 28 heavy (non-hydrogen) atoms. The maximum Gasteiger partial charge on any atom is 0.330 e. The van der Waals surface area contributed by atoms with Crippen molar-refractivity contribution in [2.75, 3.05) is 46.0 Å². The number of carboxylic acid groups (broad SMARTS) is 1. The predicted molar refractivity (Wildman–Crippen MR) is 98.7 cm³/mol. The van der Waals surface area contributed by atoms with Crippen LogP contribution in [0.3, 0.4) is 0 Å². The van der Waals surface area contributed by atoms with Crippen LogP contribution in [0.4, 0.5) is 8.78 Å². The van der Waals surface area contributed by atoms with Crippen LogP contribution in [0.5, 0.6) is 5.75 Å². The number of aliphatic carboxylic acids is 1. The van der Waals surface area contributed by atoms with Gasteiger partial charge in [-0.25, -0.2) is 9.18 Å². The lowest BCUT2D eigenvalue weighted by Gasteiger charge is -2.28. The Kier molecular flexibility index (Phi) is 6.46. The van der Waals surface area contributed by atoms with Gasteiger partial charge in [0, 0.05) is 31.7 Å². The largest absolute Gasteiger partial charge is 0.489 e. The van der Waals surface area contributed by atoms with Crippen molar-refractivity contribution in [2.45, 2.75) is 25.3 Å². The fraction of sp³-hybridized carbons (Fsp3) is 0.579. The first-order valence-corrected chi connectivity index (χ1v) is 9.38. The van der Waals surface area contributed by atoms with E-state index in [1.54, 1.807) is 6.92 Å². The molecule has 154 valence electrons. The molecule has 3 rings (SSSR count). The van der Waals surface area contributed by atoms with Crippen LogP contribution in [-0.2, 0) is 9.53 Å². The first-order valence-electron chi connectivity index (χ1n) is 9.38. The normalized spacial score (nSPS) is 23.5. The smallest absolute Gasteiger partial charge is 0.330 e. The molecule has 0 saturated carbocycles.